The highest BCUT2D eigenvalue weighted by atomic mass is 32.1. The molecular weight excluding hydrogens is 256 g/mol. The van der Waals surface area contributed by atoms with Crippen LogP contribution in [0.1, 0.15) is 37.6 Å². The van der Waals surface area contributed by atoms with Gasteiger partial charge >= 0.3 is 0 Å². The van der Waals surface area contributed by atoms with Crippen LogP contribution in [0.2, 0.25) is 0 Å². The third-order valence-electron chi connectivity index (χ3n) is 3.84. The van der Waals surface area contributed by atoms with Gasteiger partial charge in [-0.15, -0.1) is 11.3 Å². The summed E-state index contributed by atoms with van der Waals surface area (Å²) in [6.45, 7) is 7.30. The molecule has 4 heteroatoms. The Labute approximate surface area is 117 Å². The largest absolute Gasteiger partial charge is 0.298 e. The first-order valence-corrected chi connectivity index (χ1v) is 7.87. The first kappa shape index (κ1) is 12.9. The SMILES string of the molecule is CC(C)Cn1cnc2sc3c(c2c1=O)CC[C@@H](C)C3. The average Bonchev–Trinajstić information content (AvgIpc) is 2.70. The lowest BCUT2D eigenvalue weighted by molar-refractivity contribution is 0.504. The first-order valence-electron chi connectivity index (χ1n) is 7.06. The molecule has 0 amide bonds. The van der Waals surface area contributed by atoms with Crippen LogP contribution in [0.5, 0.6) is 0 Å². The molecule has 19 heavy (non-hydrogen) atoms. The number of hydrogen-bond acceptors (Lipinski definition) is 3. The Bertz CT molecular complexity index is 669. The van der Waals surface area contributed by atoms with Crippen molar-refractivity contribution in [3.63, 3.8) is 0 Å². The Morgan fingerprint density at radius 1 is 1.53 bits per heavy atom. The van der Waals surface area contributed by atoms with E-state index in [9.17, 15) is 4.79 Å². The molecule has 0 N–H and O–H groups in total. The lowest BCUT2D eigenvalue weighted by Gasteiger charge is -2.17. The minimum atomic E-state index is 0.158. The van der Waals surface area contributed by atoms with Crippen molar-refractivity contribution in [2.24, 2.45) is 11.8 Å². The maximum atomic E-state index is 12.6. The van der Waals surface area contributed by atoms with E-state index in [0.29, 0.717) is 5.92 Å². The van der Waals surface area contributed by atoms with Gasteiger partial charge in [0.05, 0.1) is 11.7 Å². The monoisotopic (exact) mass is 276 g/mol. The lowest BCUT2D eigenvalue weighted by Crippen LogP contribution is -2.23. The molecule has 0 radical (unpaired) electrons. The zero-order chi connectivity index (χ0) is 13.6. The molecule has 0 bridgehead atoms. The minimum absolute atomic E-state index is 0.158. The van der Waals surface area contributed by atoms with Crippen LogP contribution in [-0.4, -0.2) is 9.55 Å². The average molecular weight is 276 g/mol. The Morgan fingerprint density at radius 3 is 3.05 bits per heavy atom. The van der Waals surface area contributed by atoms with Crippen molar-refractivity contribution >= 4 is 21.6 Å². The predicted octanol–water partition coefficient (Wildman–Crippen LogP) is 3.24. The molecule has 2 aromatic heterocycles. The van der Waals surface area contributed by atoms with E-state index >= 15 is 0 Å². The number of hydrogen-bond donors (Lipinski definition) is 0. The number of fused-ring (bicyclic) bond motifs is 3. The van der Waals surface area contributed by atoms with Crippen molar-refractivity contribution in [1.29, 1.82) is 0 Å². The Morgan fingerprint density at radius 2 is 2.32 bits per heavy atom. The minimum Gasteiger partial charge on any atom is -0.298 e. The van der Waals surface area contributed by atoms with Crippen molar-refractivity contribution in [2.75, 3.05) is 0 Å². The van der Waals surface area contributed by atoms with Gasteiger partial charge in [-0.3, -0.25) is 9.36 Å². The second kappa shape index (κ2) is 4.75. The third kappa shape index (κ3) is 2.22. The van der Waals surface area contributed by atoms with Gasteiger partial charge in [-0.2, -0.15) is 0 Å². The van der Waals surface area contributed by atoms with Gasteiger partial charge in [0.2, 0.25) is 0 Å². The van der Waals surface area contributed by atoms with Gasteiger partial charge in [0.25, 0.3) is 5.56 Å². The van der Waals surface area contributed by atoms with Crippen molar-refractivity contribution < 1.29 is 0 Å². The molecule has 0 aliphatic heterocycles. The van der Waals surface area contributed by atoms with Gasteiger partial charge in [-0.1, -0.05) is 20.8 Å². The summed E-state index contributed by atoms with van der Waals surface area (Å²) in [5.41, 5.74) is 1.44. The summed E-state index contributed by atoms with van der Waals surface area (Å²) in [5.74, 6) is 1.20. The van der Waals surface area contributed by atoms with Gasteiger partial charge < -0.3 is 0 Å². The van der Waals surface area contributed by atoms with Gasteiger partial charge in [0.1, 0.15) is 4.83 Å². The highest BCUT2D eigenvalue weighted by Gasteiger charge is 2.23. The molecule has 0 spiro atoms. The fourth-order valence-electron chi connectivity index (χ4n) is 2.89. The molecule has 0 unspecified atom stereocenters. The first-order chi connectivity index (χ1) is 9.06. The van der Waals surface area contributed by atoms with E-state index in [0.717, 1.165) is 35.5 Å². The number of aryl methyl sites for hydroxylation is 1. The summed E-state index contributed by atoms with van der Waals surface area (Å²) in [6, 6.07) is 0. The molecule has 0 fully saturated rings. The molecule has 0 aromatic carbocycles. The standard InChI is InChI=1S/C15H20N2OS/c1-9(2)7-17-8-16-14-13(15(17)18)11-5-4-10(3)6-12(11)19-14/h8-10H,4-7H2,1-3H3/t10-/m1/s1. The van der Waals surface area contributed by atoms with Crippen molar-refractivity contribution in [3.05, 3.63) is 27.1 Å². The van der Waals surface area contributed by atoms with E-state index in [1.807, 2.05) is 0 Å². The summed E-state index contributed by atoms with van der Waals surface area (Å²) in [5, 5.41) is 0.898. The zero-order valence-corrected chi connectivity index (χ0v) is 12.6. The van der Waals surface area contributed by atoms with Crippen LogP contribution in [0.4, 0.5) is 0 Å². The Kier molecular flexibility index (Phi) is 3.21. The summed E-state index contributed by atoms with van der Waals surface area (Å²) in [6.07, 6.45) is 5.06. The summed E-state index contributed by atoms with van der Waals surface area (Å²) in [7, 11) is 0. The number of thiophene rings is 1. The van der Waals surface area contributed by atoms with Crippen LogP contribution in [-0.2, 0) is 19.4 Å². The maximum absolute atomic E-state index is 12.6. The fraction of sp³-hybridized carbons (Fsp3) is 0.600. The van der Waals surface area contributed by atoms with Crippen LogP contribution < -0.4 is 5.56 Å². The fourth-order valence-corrected chi connectivity index (χ4v) is 4.23. The van der Waals surface area contributed by atoms with Gasteiger partial charge in [-0.25, -0.2) is 4.98 Å². The van der Waals surface area contributed by atoms with Crippen LogP contribution in [0.15, 0.2) is 11.1 Å². The molecule has 2 heterocycles. The molecule has 102 valence electrons. The second-order valence-corrected chi connectivity index (χ2v) is 7.21. The summed E-state index contributed by atoms with van der Waals surface area (Å²) >= 11 is 1.72. The zero-order valence-electron chi connectivity index (χ0n) is 11.8. The highest BCUT2D eigenvalue weighted by molar-refractivity contribution is 7.18. The number of nitrogens with zero attached hydrogens (tertiary/aromatic N) is 2. The van der Waals surface area contributed by atoms with Crippen LogP contribution in [0.25, 0.3) is 10.2 Å². The second-order valence-electron chi connectivity index (χ2n) is 6.13. The molecule has 0 saturated heterocycles. The van der Waals surface area contributed by atoms with Crippen LogP contribution >= 0.6 is 11.3 Å². The van der Waals surface area contributed by atoms with E-state index < -0.39 is 0 Å². The molecule has 1 aliphatic rings. The quantitative estimate of drug-likeness (QED) is 0.844. The number of rotatable bonds is 2. The normalized spacial score (nSPS) is 19.1. The molecule has 2 aromatic rings. The van der Waals surface area contributed by atoms with E-state index in [1.165, 1.54) is 16.9 Å². The highest BCUT2D eigenvalue weighted by Crippen LogP contribution is 2.35. The van der Waals surface area contributed by atoms with Crippen molar-refractivity contribution in [1.82, 2.24) is 9.55 Å². The van der Waals surface area contributed by atoms with Gasteiger partial charge in [0.15, 0.2) is 0 Å². The smallest absolute Gasteiger partial charge is 0.262 e. The Hall–Kier alpha value is -1.16. The van der Waals surface area contributed by atoms with Crippen LogP contribution in [0.3, 0.4) is 0 Å². The van der Waals surface area contributed by atoms with Crippen LogP contribution in [0, 0.1) is 11.8 Å². The van der Waals surface area contributed by atoms with Gasteiger partial charge in [-0.05, 0) is 36.7 Å². The van der Waals surface area contributed by atoms with Crippen molar-refractivity contribution in [3.8, 4) is 0 Å². The third-order valence-corrected chi connectivity index (χ3v) is 5.01. The van der Waals surface area contributed by atoms with E-state index in [1.54, 1.807) is 22.2 Å². The Balaban J connectivity index is 2.17. The molecule has 0 saturated carbocycles. The van der Waals surface area contributed by atoms with E-state index in [-0.39, 0.29) is 5.56 Å². The maximum Gasteiger partial charge on any atom is 0.262 e. The predicted molar refractivity (Wildman–Crippen MR) is 79.9 cm³/mol. The lowest BCUT2D eigenvalue weighted by atomic mass is 9.89. The molecule has 1 atom stereocenters. The molecule has 3 rings (SSSR count). The van der Waals surface area contributed by atoms with Crippen molar-refractivity contribution in [2.45, 2.75) is 46.6 Å². The molecular formula is C15H20N2OS. The number of aromatic nitrogens is 2. The molecule has 1 aliphatic carbocycles. The topological polar surface area (TPSA) is 34.9 Å². The molecule has 3 nitrogen and oxygen atoms in total. The summed E-state index contributed by atoms with van der Waals surface area (Å²) in [4.78, 5) is 19.4. The summed E-state index contributed by atoms with van der Waals surface area (Å²) < 4.78 is 1.78. The van der Waals surface area contributed by atoms with Gasteiger partial charge in [0, 0.05) is 11.4 Å². The van der Waals surface area contributed by atoms with E-state index in [2.05, 4.69) is 25.8 Å². The van der Waals surface area contributed by atoms with E-state index in [4.69, 9.17) is 0 Å².